The maximum absolute atomic E-state index is 5.77. The van der Waals surface area contributed by atoms with Crippen LogP contribution in [0.4, 0.5) is 5.69 Å². The molecule has 0 spiro atoms. The van der Waals surface area contributed by atoms with Crippen LogP contribution in [0, 0.1) is 6.92 Å². The summed E-state index contributed by atoms with van der Waals surface area (Å²) in [6.45, 7) is 1.95. The number of nitrogen functional groups attached to an aromatic ring is 1. The number of aryl methyl sites for hydroxylation is 3. The van der Waals surface area contributed by atoms with E-state index in [-0.39, 0.29) is 0 Å². The molecule has 0 bridgehead atoms. The lowest BCUT2D eigenvalue weighted by Crippen LogP contribution is -1.99. The van der Waals surface area contributed by atoms with Crippen molar-refractivity contribution in [3.63, 3.8) is 0 Å². The number of nitrogens with zero attached hydrogens (tertiary/aromatic N) is 4. The first-order chi connectivity index (χ1) is 9.22. The predicted octanol–water partition coefficient (Wildman–Crippen LogP) is 1.80. The van der Waals surface area contributed by atoms with Crippen molar-refractivity contribution in [1.29, 1.82) is 0 Å². The smallest absolute Gasteiger partial charge is 0.163 e. The minimum atomic E-state index is 0.792. The molecule has 1 aromatic carbocycles. The van der Waals surface area contributed by atoms with Crippen molar-refractivity contribution in [2.75, 3.05) is 5.73 Å². The van der Waals surface area contributed by atoms with Crippen LogP contribution in [0.2, 0.25) is 0 Å². The van der Waals surface area contributed by atoms with Gasteiger partial charge in [0.2, 0.25) is 0 Å². The molecule has 0 fully saturated rings. The molecule has 0 aliphatic carbocycles. The van der Waals surface area contributed by atoms with Crippen molar-refractivity contribution >= 4 is 11.3 Å². The molecular weight excluding hydrogens is 238 g/mol. The van der Waals surface area contributed by atoms with Crippen LogP contribution in [0.25, 0.3) is 5.65 Å². The second-order valence-electron chi connectivity index (χ2n) is 4.62. The predicted molar refractivity (Wildman–Crippen MR) is 73.8 cm³/mol. The SMILES string of the molecule is Cc1cc2nnc(CCc3cccc(N)c3)n2cn1. The monoisotopic (exact) mass is 253 g/mol. The van der Waals surface area contributed by atoms with E-state index < -0.39 is 0 Å². The largest absolute Gasteiger partial charge is 0.399 e. The van der Waals surface area contributed by atoms with E-state index in [4.69, 9.17) is 5.73 Å². The van der Waals surface area contributed by atoms with Gasteiger partial charge in [0, 0.05) is 23.9 Å². The molecule has 5 heteroatoms. The normalized spacial score (nSPS) is 11.0. The van der Waals surface area contributed by atoms with Gasteiger partial charge in [-0.25, -0.2) is 4.98 Å². The molecule has 3 aromatic rings. The lowest BCUT2D eigenvalue weighted by molar-refractivity contribution is 0.830. The highest BCUT2D eigenvalue weighted by molar-refractivity contribution is 5.41. The Morgan fingerprint density at radius 2 is 2.05 bits per heavy atom. The van der Waals surface area contributed by atoms with Crippen LogP contribution in [0.15, 0.2) is 36.7 Å². The number of benzene rings is 1. The number of rotatable bonds is 3. The first kappa shape index (κ1) is 11.6. The van der Waals surface area contributed by atoms with Gasteiger partial charge < -0.3 is 5.73 Å². The summed E-state index contributed by atoms with van der Waals surface area (Å²) in [6, 6.07) is 9.85. The first-order valence-electron chi connectivity index (χ1n) is 6.23. The number of hydrogen-bond donors (Lipinski definition) is 1. The zero-order valence-electron chi connectivity index (χ0n) is 10.7. The van der Waals surface area contributed by atoms with Crippen LogP contribution in [0.1, 0.15) is 17.1 Å². The molecule has 2 heterocycles. The second-order valence-corrected chi connectivity index (χ2v) is 4.62. The zero-order chi connectivity index (χ0) is 13.2. The summed E-state index contributed by atoms with van der Waals surface area (Å²) < 4.78 is 1.93. The molecule has 2 aromatic heterocycles. The minimum absolute atomic E-state index is 0.792. The average Bonchev–Trinajstić information content (AvgIpc) is 2.78. The first-order valence-corrected chi connectivity index (χ1v) is 6.23. The van der Waals surface area contributed by atoms with Gasteiger partial charge in [-0.2, -0.15) is 0 Å². The fraction of sp³-hybridized carbons (Fsp3) is 0.214. The third kappa shape index (κ3) is 2.40. The van der Waals surface area contributed by atoms with E-state index in [0.717, 1.165) is 35.7 Å². The van der Waals surface area contributed by atoms with Gasteiger partial charge in [0.25, 0.3) is 0 Å². The maximum Gasteiger partial charge on any atom is 0.163 e. The molecule has 3 rings (SSSR count). The summed E-state index contributed by atoms with van der Waals surface area (Å²) in [5, 5.41) is 8.37. The lowest BCUT2D eigenvalue weighted by atomic mass is 10.1. The second kappa shape index (κ2) is 4.68. The maximum atomic E-state index is 5.77. The van der Waals surface area contributed by atoms with E-state index in [9.17, 15) is 0 Å². The van der Waals surface area contributed by atoms with Gasteiger partial charge in [-0.3, -0.25) is 4.40 Å². The van der Waals surface area contributed by atoms with Crippen molar-refractivity contribution in [2.45, 2.75) is 19.8 Å². The van der Waals surface area contributed by atoms with E-state index in [1.54, 1.807) is 6.33 Å². The number of nitrogens with two attached hydrogens (primary N) is 1. The molecule has 0 radical (unpaired) electrons. The minimum Gasteiger partial charge on any atom is -0.399 e. The summed E-state index contributed by atoms with van der Waals surface area (Å²) >= 11 is 0. The molecular formula is C14H15N5. The Kier molecular flexibility index (Phi) is 2.87. The van der Waals surface area contributed by atoms with Crippen molar-refractivity contribution in [1.82, 2.24) is 19.6 Å². The highest BCUT2D eigenvalue weighted by Crippen LogP contribution is 2.11. The zero-order valence-corrected chi connectivity index (χ0v) is 10.7. The molecule has 0 unspecified atom stereocenters. The summed E-state index contributed by atoms with van der Waals surface area (Å²) in [7, 11) is 0. The van der Waals surface area contributed by atoms with Gasteiger partial charge in [0.05, 0.1) is 0 Å². The van der Waals surface area contributed by atoms with Crippen molar-refractivity contribution in [3.05, 3.63) is 53.7 Å². The molecule has 0 amide bonds. The van der Waals surface area contributed by atoms with Crippen molar-refractivity contribution in [3.8, 4) is 0 Å². The van der Waals surface area contributed by atoms with Gasteiger partial charge >= 0.3 is 0 Å². The van der Waals surface area contributed by atoms with Gasteiger partial charge in [-0.1, -0.05) is 12.1 Å². The quantitative estimate of drug-likeness (QED) is 0.723. The lowest BCUT2D eigenvalue weighted by Gasteiger charge is -2.02. The molecule has 0 aliphatic heterocycles. The van der Waals surface area contributed by atoms with E-state index in [0.29, 0.717) is 0 Å². The van der Waals surface area contributed by atoms with E-state index in [1.807, 2.05) is 35.6 Å². The van der Waals surface area contributed by atoms with Crippen LogP contribution in [0.3, 0.4) is 0 Å². The summed E-state index contributed by atoms with van der Waals surface area (Å²) in [5.41, 5.74) is 9.56. The topological polar surface area (TPSA) is 69.1 Å². The van der Waals surface area contributed by atoms with E-state index >= 15 is 0 Å². The van der Waals surface area contributed by atoms with Crippen LogP contribution < -0.4 is 5.73 Å². The van der Waals surface area contributed by atoms with Crippen LogP contribution in [-0.4, -0.2) is 19.6 Å². The van der Waals surface area contributed by atoms with Crippen LogP contribution in [0.5, 0.6) is 0 Å². The Morgan fingerprint density at radius 3 is 2.89 bits per heavy atom. The van der Waals surface area contributed by atoms with Gasteiger partial charge in [0.1, 0.15) is 12.2 Å². The van der Waals surface area contributed by atoms with E-state index in [2.05, 4.69) is 21.2 Å². The number of hydrogen-bond acceptors (Lipinski definition) is 4. The summed E-state index contributed by atoms with van der Waals surface area (Å²) in [6.07, 6.45) is 3.48. The molecule has 0 saturated carbocycles. The van der Waals surface area contributed by atoms with Crippen LogP contribution in [-0.2, 0) is 12.8 Å². The Morgan fingerprint density at radius 1 is 1.16 bits per heavy atom. The van der Waals surface area contributed by atoms with Gasteiger partial charge in [-0.05, 0) is 31.0 Å². The standard InChI is InChI=1S/C14H15N5/c1-10-7-14-18-17-13(19(14)9-16-10)6-5-11-3-2-4-12(15)8-11/h2-4,7-9H,5-6,15H2,1H3. The molecule has 19 heavy (non-hydrogen) atoms. The third-order valence-corrected chi connectivity index (χ3v) is 3.10. The fourth-order valence-electron chi connectivity index (χ4n) is 2.11. The molecule has 2 N–H and O–H groups in total. The average molecular weight is 253 g/mol. The highest BCUT2D eigenvalue weighted by Gasteiger charge is 2.06. The summed E-state index contributed by atoms with van der Waals surface area (Å²) in [4.78, 5) is 4.27. The Bertz CT molecular complexity index is 717. The number of aromatic nitrogens is 4. The third-order valence-electron chi connectivity index (χ3n) is 3.10. The summed E-state index contributed by atoms with van der Waals surface area (Å²) in [5.74, 6) is 0.921. The van der Waals surface area contributed by atoms with Gasteiger partial charge in [0.15, 0.2) is 5.65 Å². The molecule has 0 atom stereocenters. The van der Waals surface area contributed by atoms with Crippen molar-refractivity contribution in [2.24, 2.45) is 0 Å². The number of fused-ring (bicyclic) bond motifs is 1. The van der Waals surface area contributed by atoms with Crippen LogP contribution >= 0.6 is 0 Å². The fourth-order valence-corrected chi connectivity index (χ4v) is 2.11. The van der Waals surface area contributed by atoms with E-state index in [1.165, 1.54) is 5.56 Å². The molecule has 5 nitrogen and oxygen atoms in total. The molecule has 0 saturated heterocycles. The Balaban J connectivity index is 1.82. The highest BCUT2D eigenvalue weighted by atomic mass is 15.3. The molecule has 0 aliphatic rings. The number of anilines is 1. The Labute approximate surface area is 111 Å². The Hall–Kier alpha value is -2.43. The van der Waals surface area contributed by atoms with Gasteiger partial charge in [-0.15, -0.1) is 10.2 Å². The molecule has 96 valence electrons. The van der Waals surface area contributed by atoms with Crippen molar-refractivity contribution < 1.29 is 0 Å².